The maximum absolute atomic E-state index is 5.15. The molecule has 2 rings (SSSR count). The number of alkyl halides is 1. The number of hydrogen-bond donors (Lipinski definition) is 0. The lowest BCUT2D eigenvalue weighted by molar-refractivity contribution is 0.187. The van der Waals surface area contributed by atoms with Crippen LogP contribution in [0, 0.1) is 6.92 Å². The lowest BCUT2D eigenvalue weighted by Crippen LogP contribution is -2.09. The van der Waals surface area contributed by atoms with Gasteiger partial charge in [0.15, 0.2) is 5.82 Å². The van der Waals surface area contributed by atoms with Crippen molar-refractivity contribution in [2.24, 2.45) is 0 Å². The van der Waals surface area contributed by atoms with Crippen molar-refractivity contribution in [1.82, 2.24) is 14.8 Å². The van der Waals surface area contributed by atoms with E-state index in [0.29, 0.717) is 11.9 Å². The van der Waals surface area contributed by atoms with Crippen molar-refractivity contribution in [3.8, 4) is 11.4 Å². The summed E-state index contributed by atoms with van der Waals surface area (Å²) in [6.45, 7) is 3.45. The van der Waals surface area contributed by atoms with Gasteiger partial charge < -0.3 is 9.30 Å². The quantitative estimate of drug-likeness (QED) is 0.735. The summed E-state index contributed by atoms with van der Waals surface area (Å²) in [7, 11) is 1.70. The van der Waals surface area contributed by atoms with Gasteiger partial charge >= 0.3 is 0 Å². The first kappa shape index (κ1) is 14.7. The van der Waals surface area contributed by atoms with E-state index >= 15 is 0 Å². The summed E-state index contributed by atoms with van der Waals surface area (Å²) in [5.74, 6) is 1.79. The molecule has 0 saturated heterocycles. The van der Waals surface area contributed by atoms with Gasteiger partial charge in [-0.2, -0.15) is 0 Å². The third-order valence-electron chi connectivity index (χ3n) is 2.88. The second-order valence-electron chi connectivity index (χ2n) is 4.18. The van der Waals surface area contributed by atoms with Crippen LogP contribution in [-0.4, -0.2) is 28.5 Å². The first-order valence-electron chi connectivity index (χ1n) is 5.91. The van der Waals surface area contributed by atoms with E-state index in [1.54, 1.807) is 7.11 Å². The van der Waals surface area contributed by atoms with Crippen LogP contribution in [0.1, 0.15) is 11.4 Å². The first-order valence-corrected chi connectivity index (χ1v) is 7.82. The number of nitrogens with zero attached hydrogens (tertiary/aromatic N) is 3. The van der Waals surface area contributed by atoms with E-state index in [2.05, 4.69) is 59.6 Å². The first-order chi connectivity index (χ1) is 9.17. The zero-order valence-electron chi connectivity index (χ0n) is 10.9. The molecule has 0 unspecified atom stereocenters. The minimum atomic E-state index is 0.639. The molecule has 1 aromatic heterocycles. The normalized spacial score (nSPS) is 10.9. The zero-order chi connectivity index (χ0) is 13.8. The molecule has 0 saturated carbocycles. The molecule has 0 aliphatic carbocycles. The molecule has 2 aromatic rings. The van der Waals surface area contributed by atoms with E-state index in [0.717, 1.165) is 28.2 Å². The maximum atomic E-state index is 5.15. The molecule has 0 N–H and O–H groups in total. The monoisotopic (exact) mass is 387 g/mol. The van der Waals surface area contributed by atoms with Crippen LogP contribution in [0.3, 0.4) is 0 Å². The molecule has 102 valence electrons. The minimum Gasteiger partial charge on any atom is -0.383 e. The fourth-order valence-electron chi connectivity index (χ4n) is 1.85. The molecule has 6 heteroatoms. The number of hydrogen-bond acceptors (Lipinski definition) is 3. The van der Waals surface area contributed by atoms with E-state index in [4.69, 9.17) is 4.74 Å². The Morgan fingerprint density at radius 1 is 1.32 bits per heavy atom. The average molecular weight is 389 g/mol. The van der Waals surface area contributed by atoms with Crippen molar-refractivity contribution in [2.75, 3.05) is 13.7 Å². The molecule has 1 heterocycles. The number of ether oxygens (including phenoxy) is 1. The molecule has 19 heavy (non-hydrogen) atoms. The number of halogens is 2. The van der Waals surface area contributed by atoms with E-state index in [1.807, 2.05) is 12.1 Å². The van der Waals surface area contributed by atoms with Crippen LogP contribution in [0.4, 0.5) is 0 Å². The highest BCUT2D eigenvalue weighted by Crippen LogP contribution is 2.24. The fourth-order valence-corrected chi connectivity index (χ4v) is 2.51. The molecular weight excluding hydrogens is 374 g/mol. The van der Waals surface area contributed by atoms with Gasteiger partial charge in [-0.3, -0.25) is 0 Å². The molecule has 0 fully saturated rings. The summed E-state index contributed by atoms with van der Waals surface area (Å²) >= 11 is 6.95. The Hall–Kier alpha value is -0.720. The van der Waals surface area contributed by atoms with Crippen molar-refractivity contribution >= 4 is 31.9 Å². The fraction of sp³-hybridized carbons (Fsp3) is 0.385. The number of aromatic nitrogens is 3. The third-order valence-corrected chi connectivity index (χ3v) is 4.27. The average Bonchev–Trinajstić information content (AvgIpc) is 2.82. The Morgan fingerprint density at radius 2 is 2.11 bits per heavy atom. The van der Waals surface area contributed by atoms with Crippen LogP contribution in [0.2, 0.25) is 0 Å². The highest BCUT2D eigenvalue weighted by molar-refractivity contribution is 9.10. The van der Waals surface area contributed by atoms with Crippen molar-refractivity contribution in [3.05, 3.63) is 34.1 Å². The highest BCUT2D eigenvalue weighted by atomic mass is 79.9. The van der Waals surface area contributed by atoms with Crippen LogP contribution >= 0.6 is 31.9 Å². The van der Waals surface area contributed by atoms with E-state index < -0.39 is 0 Å². The largest absolute Gasteiger partial charge is 0.383 e. The minimum absolute atomic E-state index is 0.639. The molecule has 0 amide bonds. The Morgan fingerprint density at radius 3 is 2.74 bits per heavy atom. The zero-order valence-corrected chi connectivity index (χ0v) is 14.0. The predicted octanol–water partition coefficient (Wildman–Crippen LogP) is 3.56. The van der Waals surface area contributed by atoms with Crippen molar-refractivity contribution in [3.63, 3.8) is 0 Å². The van der Waals surface area contributed by atoms with Crippen LogP contribution in [-0.2, 0) is 16.6 Å². The van der Waals surface area contributed by atoms with Crippen molar-refractivity contribution in [2.45, 2.75) is 18.8 Å². The third kappa shape index (κ3) is 3.24. The van der Waals surface area contributed by atoms with Gasteiger partial charge in [-0.15, -0.1) is 10.2 Å². The second-order valence-corrected chi connectivity index (χ2v) is 5.60. The lowest BCUT2D eigenvalue weighted by Gasteiger charge is -2.09. The molecule has 0 aliphatic heterocycles. The van der Waals surface area contributed by atoms with Gasteiger partial charge in [-0.25, -0.2) is 0 Å². The van der Waals surface area contributed by atoms with Gasteiger partial charge in [-0.1, -0.05) is 37.9 Å². The van der Waals surface area contributed by atoms with Gasteiger partial charge in [-0.05, 0) is 24.6 Å². The second kappa shape index (κ2) is 6.63. The Bertz CT molecular complexity index is 569. The topological polar surface area (TPSA) is 39.9 Å². The number of methoxy groups -OCH3 is 1. The maximum Gasteiger partial charge on any atom is 0.164 e. The van der Waals surface area contributed by atoms with Crippen LogP contribution in [0.15, 0.2) is 22.7 Å². The summed E-state index contributed by atoms with van der Waals surface area (Å²) < 4.78 is 8.33. The van der Waals surface area contributed by atoms with Gasteiger partial charge in [0.2, 0.25) is 0 Å². The van der Waals surface area contributed by atoms with E-state index in [9.17, 15) is 0 Å². The van der Waals surface area contributed by atoms with Crippen molar-refractivity contribution in [1.29, 1.82) is 0 Å². The van der Waals surface area contributed by atoms with E-state index in [-0.39, 0.29) is 0 Å². The molecular formula is C13H15Br2N3O. The molecule has 0 spiro atoms. The summed E-state index contributed by atoms with van der Waals surface area (Å²) in [6, 6.07) is 6.19. The molecule has 0 radical (unpaired) electrons. The smallest absolute Gasteiger partial charge is 0.164 e. The van der Waals surface area contributed by atoms with Crippen LogP contribution < -0.4 is 0 Å². The molecule has 0 aliphatic rings. The summed E-state index contributed by atoms with van der Waals surface area (Å²) in [4.78, 5) is 0. The summed E-state index contributed by atoms with van der Waals surface area (Å²) in [5, 5.41) is 9.19. The van der Waals surface area contributed by atoms with Gasteiger partial charge in [0.05, 0.1) is 11.9 Å². The van der Waals surface area contributed by atoms with E-state index in [1.165, 1.54) is 5.56 Å². The number of benzene rings is 1. The molecule has 0 bridgehead atoms. The predicted molar refractivity (Wildman–Crippen MR) is 82.4 cm³/mol. The Balaban J connectivity index is 2.42. The highest BCUT2D eigenvalue weighted by Gasteiger charge is 2.13. The SMILES string of the molecule is COCCn1c(CBr)nnc1-c1ccc(Br)c(C)c1. The standard InChI is InChI=1S/C13H15Br2N3O/c1-9-7-10(3-4-11(9)15)13-17-16-12(8-14)18(13)5-6-19-2/h3-4,7H,5-6,8H2,1-2H3. The number of aryl methyl sites for hydroxylation is 1. The van der Waals surface area contributed by atoms with Crippen molar-refractivity contribution < 1.29 is 4.74 Å². The van der Waals surface area contributed by atoms with Gasteiger partial charge in [0, 0.05) is 23.7 Å². The summed E-state index contributed by atoms with van der Waals surface area (Å²) in [6.07, 6.45) is 0. The molecule has 0 atom stereocenters. The lowest BCUT2D eigenvalue weighted by atomic mass is 10.1. The van der Waals surface area contributed by atoms with Crippen LogP contribution in [0.25, 0.3) is 11.4 Å². The summed E-state index contributed by atoms with van der Waals surface area (Å²) in [5.41, 5.74) is 2.25. The van der Waals surface area contributed by atoms with Crippen LogP contribution in [0.5, 0.6) is 0 Å². The number of rotatable bonds is 5. The Labute approximate surface area is 129 Å². The van der Waals surface area contributed by atoms with Gasteiger partial charge in [0.25, 0.3) is 0 Å². The van der Waals surface area contributed by atoms with Gasteiger partial charge in [0.1, 0.15) is 5.82 Å². The Kier molecular flexibility index (Phi) is 5.13. The molecule has 4 nitrogen and oxygen atoms in total. The molecule has 1 aromatic carbocycles.